The van der Waals surface area contributed by atoms with E-state index < -0.39 is 0 Å². The van der Waals surface area contributed by atoms with Crippen molar-refractivity contribution >= 4 is 11.7 Å². The van der Waals surface area contributed by atoms with Crippen molar-refractivity contribution in [3.05, 3.63) is 59.2 Å². The highest BCUT2D eigenvalue weighted by molar-refractivity contribution is 6.07. The summed E-state index contributed by atoms with van der Waals surface area (Å²) in [5, 5.41) is 7.37. The molecule has 0 atom stereocenters. The highest BCUT2D eigenvalue weighted by atomic mass is 16.1. The number of nitrogens with one attached hydrogen (secondary N) is 1. The van der Waals surface area contributed by atoms with E-state index in [2.05, 4.69) is 20.4 Å². The smallest absolute Gasteiger partial charge is 0.260 e. The van der Waals surface area contributed by atoms with Gasteiger partial charge in [0.2, 0.25) is 0 Å². The Balaban J connectivity index is 2.02. The van der Waals surface area contributed by atoms with Crippen LogP contribution in [0.15, 0.2) is 36.5 Å². The number of nitrogens with zero attached hydrogens (tertiary/aromatic N) is 4. The summed E-state index contributed by atoms with van der Waals surface area (Å²) in [5.74, 6) is 1.10. The molecule has 2 heterocycles. The largest absolute Gasteiger partial charge is 0.306 e. The van der Waals surface area contributed by atoms with Crippen LogP contribution < -0.4 is 5.32 Å². The first kappa shape index (κ1) is 16.8. The van der Waals surface area contributed by atoms with Gasteiger partial charge in [0.05, 0.1) is 17.0 Å². The molecule has 1 aromatic carbocycles. The van der Waals surface area contributed by atoms with Crippen LogP contribution in [-0.2, 0) is 13.5 Å². The first-order valence-corrected chi connectivity index (χ1v) is 8.24. The number of carbonyl (C=O) groups excluding carboxylic acids is 1. The van der Waals surface area contributed by atoms with Crippen LogP contribution >= 0.6 is 0 Å². The molecule has 25 heavy (non-hydrogen) atoms. The molecular formula is C19H21N5O. The lowest BCUT2D eigenvalue weighted by atomic mass is 10.1. The summed E-state index contributed by atoms with van der Waals surface area (Å²) in [7, 11) is 1.82. The predicted octanol–water partition coefficient (Wildman–Crippen LogP) is 3.31. The third-order valence-corrected chi connectivity index (χ3v) is 4.13. The van der Waals surface area contributed by atoms with Gasteiger partial charge >= 0.3 is 0 Å². The minimum atomic E-state index is -0.239. The molecule has 128 valence electrons. The Morgan fingerprint density at radius 1 is 1.20 bits per heavy atom. The van der Waals surface area contributed by atoms with Crippen LogP contribution in [0, 0.1) is 13.8 Å². The van der Waals surface area contributed by atoms with Crippen molar-refractivity contribution in [2.24, 2.45) is 7.05 Å². The third-order valence-electron chi connectivity index (χ3n) is 4.13. The average molecular weight is 335 g/mol. The van der Waals surface area contributed by atoms with Gasteiger partial charge in [0.25, 0.3) is 5.91 Å². The molecule has 3 rings (SSSR count). The molecule has 2 aromatic heterocycles. The van der Waals surface area contributed by atoms with Crippen molar-refractivity contribution < 1.29 is 4.79 Å². The van der Waals surface area contributed by atoms with Crippen LogP contribution in [0.2, 0.25) is 0 Å². The number of anilines is 1. The summed E-state index contributed by atoms with van der Waals surface area (Å²) in [6.45, 7) is 5.80. The van der Waals surface area contributed by atoms with E-state index in [0.717, 1.165) is 23.2 Å². The number of amides is 1. The standard InChI is InChI=1S/C19H21N5O/c1-5-15-12(2)23-24(4)18(15)22-19(25)16-11-20-13(3)21-17(16)14-9-7-6-8-10-14/h6-11H,5H2,1-4H3,(H,22,25). The molecule has 3 aromatic rings. The van der Waals surface area contributed by atoms with Crippen molar-refractivity contribution in [3.8, 4) is 11.3 Å². The van der Waals surface area contributed by atoms with E-state index >= 15 is 0 Å². The Kier molecular flexibility index (Phi) is 4.61. The molecular weight excluding hydrogens is 314 g/mol. The molecule has 0 radical (unpaired) electrons. The first-order chi connectivity index (χ1) is 12.0. The highest BCUT2D eigenvalue weighted by Crippen LogP contribution is 2.24. The van der Waals surface area contributed by atoms with Crippen LogP contribution in [-0.4, -0.2) is 25.7 Å². The second-order valence-corrected chi connectivity index (χ2v) is 5.89. The van der Waals surface area contributed by atoms with Gasteiger partial charge < -0.3 is 5.32 Å². The Bertz CT molecular complexity index is 915. The minimum Gasteiger partial charge on any atom is -0.306 e. The van der Waals surface area contributed by atoms with E-state index in [1.165, 1.54) is 0 Å². The molecule has 0 bridgehead atoms. The molecule has 0 aliphatic rings. The molecule has 0 aliphatic heterocycles. The maximum Gasteiger partial charge on any atom is 0.260 e. The molecule has 6 nitrogen and oxygen atoms in total. The topological polar surface area (TPSA) is 72.7 Å². The molecule has 1 amide bonds. The van der Waals surface area contributed by atoms with Gasteiger partial charge in [-0.2, -0.15) is 5.10 Å². The molecule has 0 saturated heterocycles. The second-order valence-electron chi connectivity index (χ2n) is 5.89. The van der Waals surface area contributed by atoms with Crippen molar-refractivity contribution in [2.45, 2.75) is 27.2 Å². The van der Waals surface area contributed by atoms with Crippen LogP contribution in [0.4, 0.5) is 5.82 Å². The maximum atomic E-state index is 12.9. The first-order valence-electron chi connectivity index (χ1n) is 8.24. The quantitative estimate of drug-likeness (QED) is 0.794. The van der Waals surface area contributed by atoms with Crippen molar-refractivity contribution in [3.63, 3.8) is 0 Å². The second kappa shape index (κ2) is 6.84. The lowest BCUT2D eigenvalue weighted by molar-refractivity contribution is 0.102. The number of benzene rings is 1. The van der Waals surface area contributed by atoms with E-state index in [4.69, 9.17) is 0 Å². The van der Waals surface area contributed by atoms with Crippen molar-refractivity contribution in [2.75, 3.05) is 5.32 Å². The minimum absolute atomic E-state index is 0.239. The lowest BCUT2D eigenvalue weighted by Crippen LogP contribution is -2.18. The zero-order chi connectivity index (χ0) is 18.0. The summed E-state index contributed by atoms with van der Waals surface area (Å²) < 4.78 is 1.70. The summed E-state index contributed by atoms with van der Waals surface area (Å²) in [6, 6.07) is 9.65. The average Bonchev–Trinajstić information content (AvgIpc) is 2.88. The van der Waals surface area contributed by atoms with Gasteiger partial charge in [-0.05, 0) is 20.3 Å². The normalized spacial score (nSPS) is 10.7. The van der Waals surface area contributed by atoms with Crippen LogP contribution in [0.25, 0.3) is 11.3 Å². The number of carbonyl (C=O) groups is 1. The highest BCUT2D eigenvalue weighted by Gasteiger charge is 2.19. The Morgan fingerprint density at radius 2 is 1.92 bits per heavy atom. The van der Waals surface area contributed by atoms with Crippen molar-refractivity contribution in [1.82, 2.24) is 19.7 Å². The number of aryl methyl sites for hydroxylation is 3. The van der Waals surface area contributed by atoms with Gasteiger partial charge in [0.1, 0.15) is 11.6 Å². The van der Waals surface area contributed by atoms with Crippen LogP contribution in [0.1, 0.15) is 34.4 Å². The number of hydrogen-bond donors (Lipinski definition) is 1. The number of rotatable bonds is 4. The summed E-state index contributed by atoms with van der Waals surface area (Å²) in [5.41, 5.74) is 3.91. The van der Waals surface area contributed by atoms with Gasteiger partial charge in [0, 0.05) is 24.4 Å². The van der Waals surface area contributed by atoms with Gasteiger partial charge in [-0.1, -0.05) is 37.3 Å². The number of hydrogen-bond acceptors (Lipinski definition) is 4. The Labute approximate surface area is 146 Å². The summed E-state index contributed by atoms with van der Waals surface area (Å²) in [4.78, 5) is 21.6. The SMILES string of the molecule is CCc1c(C)nn(C)c1NC(=O)c1cnc(C)nc1-c1ccccc1. The molecule has 0 unspecified atom stereocenters. The fourth-order valence-electron chi connectivity index (χ4n) is 2.91. The van der Waals surface area contributed by atoms with E-state index in [0.29, 0.717) is 22.9 Å². The third kappa shape index (κ3) is 3.28. The van der Waals surface area contributed by atoms with Crippen LogP contribution in [0.5, 0.6) is 0 Å². The maximum absolute atomic E-state index is 12.9. The van der Waals surface area contributed by atoms with Gasteiger partial charge in [0.15, 0.2) is 0 Å². The van der Waals surface area contributed by atoms with Gasteiger partial charge in [-0.25, -0.2) is 9.97 Å². The van der Waals surface area contributed by atoms with E-state index in [9.17, 15) is 4.79 Å². The van der Waals surface area contributed by atoms with E-state index in [-0.39, 0.29) is 5.91 Å². The molecule has 0 fully saturated rings. The van der Waals surface area contributed by atoms with Crippen molar-refractivity contribution in [1.29, 1.82) is 0 Å². The summed E-state index contributed by atoms with van der Waals surface area (Å²) >= 11 is 0. The zero-order valence-corrected chi connectivity index (χ0v) is 14.9. The Morgan fingerprint density at radius 3 is 2.60 bits per heavy atom. The molecule has 0 spiro atoms. The zero-order valence-electron chi connectivity index (χ0n) is 14.9. The lowest BCUT2D eigenvalue weighted by Gasteiger charge is -2.11. The van der Waals surface area contributed by atoms with Gasteiger partial charge in [-0.15, -0.1) is 0 Å². The fraction of sp³-hybridized carbons (Fsp3) is 0.263. The monoisotopic (exact) mass is 335 g/mol. The molecule has 6 heteroatoms. The summed E-state index contributed by atoms with van der Waals surface area (Å²) in [6.07, 6.45) is 2.38. The fourth-order valence-corrected chi connectivity index (χ4v) is 2.91. The molecule has 0 aliphatic carbocycles. The predicted molar refractivity (Wildman–Crippen MR) is 97.5 cm³/mol. The van der Waals surface area contributed by atoms with Crippen LogP contribution in [0.3, 0.4) is 0 Å². The van der Waals surface area contributed by atoms with Gasteiger partial charge in [-0.3, -0.25) is 9.48 Å². The molecule has 1 N–H and O–H groups in total. The van der Waals surface area contributed by atoms with E-state index in [1.807, 2.05) is 58.2 Å². The van der Waals surface area contributed by atoms with E-state index in [1.54, 1.807) is 10.9 Å². The molecule has 0 saturated carbocycles. The Hall–Kier alpha value is -3.02. The number of aromatic nitrogens is 4.